The maximum absolute atomic E-state index is 10.6. The van der Waals surface area contributed by atoms with Crippen LogP contribution >= 0.6 is 40.1 Å². The molecule has 4 aromatic rings. The average Bonchev–Trinajstić information content (AvgIpc) is 3.63. The second-order valence-electron chi connectivity index (χ2n) is 8.64. The van der Waals surface area contributed by atoms with Crippen molar-refractivity contribution in [3.63, 3.8) is 0 Å². The van der Waals surface area contributed by atoms with Crippen LogP contribution in [-0.2, 0) is 6.54 Å². The molecule has 1 aliphatic rings. The molecule has 2 heterocycles. The first-order chi connectivity index (χ1) is 19.1. The van der Waals surface area contributed by atoms with E-state index >= 15 is 0 Å². The minimum atomic E-state index is -0.840. The number of thioether (sulfide) groups is 1. The van der Waals surface area contributed by atoms with E-state index in [1.165, 1.54) is 0 Å². The van der Waals surface area contributed by atoms with Gasteiger partial charge in [-0.1, -0.05) is 36.0 Å². The van der Waals surface area contributed by atoms with Gasteiger partial charge in [0.15, 0.2) is 23.0 Å². The van der Waals surface area contributed by atoms with E-state index in [9.17, 15) is 5.11 Å². The molecule has 0 spiro atoms. The second kappa shape index (κ2) is 14.6. The lowest BCUT2D eigenvalue weighted by atomic mass is 10.1. The summed E-state index contributed by atoms with van der Waals surface area (Å²) >= 11 is 5.22. The molecule has 0 radical (unpaired) electrons. The van der Waals surface area contributed by atoms with Crippen molar-refractivity contribution in [1.29, 1.82) is 0 Å². The third kappa shape index (κ3) is 7.38. The van der Waals surface area contributed by atoms with Gasteiger partial charge in [-0.05, 0) is 86.8 Å². The molecule has 1 aromatic heterocycles. The zero-order valence-corrected chi connectivity index (χ0v) is 24.9. The van der Waals surface area contributed by atoms with E-state index in [2.05, 4.69) is 36.8 Å². The van der Waals surface area contributed by atoms with Gasteiger partial charge in [0, 0.05) is 12.3 Å². The van der Waals surface area contributed by atoms with Crippen LogP contribution in [0.4, 0.5) is 0 Å². The van der Waals surface area contributed by atoms with E-state index in [0.717, 1.165) is 39.6 Å². The molecule has 2 N–H and O–H groups in total. The maximum Gasteiger partial charge on any atom is 0.231 e. The van der Waals surface area contributed by atoms with Crippen LogP contribution in [0.3, 0.4) is 0 Å². The first-order valence-corrected chi connectivity index (χ1v) is 14.1. The lowest BCUT2D eigenvalue weighted by Crippen LogP contribution is -2.16. The molecule has 0 bridgehead atoms. The smallest absolute Gasteiger partial charge is 0.231 e. The Kier molecular flexibility index (Phi) is 10.9. The summed E-state index contributed by atoms with van der Waals surface area (Å²) in [5.74, 6) is 3.29. The molecule has 0 saturated carbocycles. The van der Waals surface area contributed by atoms with Crippen LogP contribution in [0.25, 0.3) is 5.69 Å². The third-order valence-corrected chi connectivity index (χ3v) is 7.55. The SMILES string of the molecule is COc1cc(CNCCCSc2nnnn2-c2ccccc2)cc(Br)c1OCC(O)c1ccc2c(c1)OCO2.Cl. The van der Waals surface area contributed by atoms with Crippen LogP contribution in [0.2, 0.25) is 0 Å². The fourth-order valence-corrected chi connectivity index (χ4v) is 5.42. The van der Waals surface area contributed by atoms with Crippen molar-refractivity contribution in [1.82, 2.24) is 25.5 Å². The molecular formula is C27H29BrClN5O5S. The number of fused-ring (bicyclic) bond motifs is 1. The lowest BCUT2D eigenvalue weighted by molar-refractivity contribution is 0.105. The van der Waals surface area contributed by atoms with E-state index in [-0.39, 0.29) is 25.8 Å². The molecule has 212 valence electrons. The minimum Gasteiger partial charge on any atom is -0.493 e. The van der Waals surface area contributed by atoms with E-state index in [1.807, 2.05) is 42.5 Å². The molecule has 0 aliphatic carbocycles. The summed E-state index contributed by atoms with van der Waals surface area (Å²) in [7, 11) is 1.60. The lowest BCUT2D eigenvalue weighted by Gasteiger charge is -2.17. The maximum atomic E-state index is 10.6. The highest BCUT2D eigenvalue weighted by atomic mass is 79.9. The number of nitrogens with zero attached hydrogens (tertiary/aromatic N) is 4. The van der Waals surface area contributed by atoms with Crippen molar-refractivity contribution in [3.8, 4) is 28.7 Å². The van der Waals surface area contributed by atoms with Gasteiger partial charge in [-0.25, -0.2) is 0 Å². The number of rotatable bonds is 13. The number of aliphatic hydroxyl groups excluding tert-OH is 1. The number of aliphatic hydroxyl groups is 1. The van der Waals surface area contributed by atoms with Gasteiger partial charge in [0.1, 0.15) is 12.7 Å². The molecule has 1 unspecified atom stereocenters. The Morgan fingerprint density at radius 2 is 1.95 bits per heavy atom. The Hall–Kier alpha value is -3.03. The van der Waals surface area contributed by atoms with Crippen molar-refractivity contribution in [2.45, 2.75) is 24.2 Å². The molecule has 10 nitrogen and oxygen atoms in total. The number of nitrogens with one attached hydrogen (secondary N) is 1. The average molecular weight is 651 g/mol. The van der Waals surface area contributed by atoms with Crippen LogP contribution in [0.15, 0.2) is 70.3 Å². The van der Waals surface area contributed by atoms with Crippen molar-refractivity contribution in [2.24, 2.45) is 0 Å². The molecule has 1 atom stereocenters. The summed E-state index contributed by atoms with van der Waals surface area (Å²) < 4.78 is 24.7. The zero-order valence-electron chi connectivity index (χ0n) is 21.7. The van der Waals surface area contributed by atoms with Crippen LogP contribution in [0.1, 0.15) is 23.7 Å². The molecule has 0 saturated heterocycles. The molecule has 0 amide bonds. The summed E-state index contributed by atoms with van der Waals surface area (Å²) in [5, 5.41) is 26.9. The monoisotopic (exact) mass is 649 g/mol. The summed E-state index contributed by atoms with van der Waals surface area (Å²) in [4.78, 5) is 0. The van der Waals surface area contributed by atoms with Gasteiger partial charge in [-0.3, -0.25) is 0 Å². The highest BCUT2D eigenvalue weighted by molar-refractivity contribution is 9.10. The molecule has 40 heavy (non-hydrogen) atoms. The Morgan fingerprint density at radius 1 is 1.12 bits per heavy atom. The van der Waals surface area contributed by atoms with Crippen molar-refractivity contribution < 1.29 is 24.1 Å². The predicted molar refractivity (Wildman–Crippen MR) is 157 cm³/mol. The molecule has 13 heteroatoms. The van der Waals surface area contributed by atoms with Crippen molar-refractivity contribution in [3.05, 3.63) is 76.3 Å². The van der Waals surface area contributed by atoms with Gasteiger partial charge in [0.05, 0.1) is 17.3 Å². The number of aromatic nitrogens is 4. The highest BCUT2D eigenvalue weighted by Gasteiger charge is 2.19. The summed E-state index contributed by atoms with van der Waals surface area (Å²) in [5.41, 5.74) is 2.67. The fourth-order valence-electron chi connectivity index (χ4n) is 3.99. The van der Waals surface area contributed by atoms with Crippen LogP contribution in [-0.4, -0.2) is 58.1 Å². The normalized spacial score (nSPS) is 12.6. The van der Waals surface area contributed by atoms with Crippen molar-refractivity contribution in [2.75, 3.05) is 32.8 Å². The molecular weight excluding hydrogens is 622 g/mol. The number of tetrazole rings is 1. The number of hydrogen-bond donors (Lipinski definition) is 2. The molecule has 1 aliphatic heterocycles. The highest BCUT2D eigenvalue weighted by Crippen LogP contribution is 2.38. The van der Waals surface area contributed by atoms with Crippen LogP contribution in [0, 0.1) is 0 Å². The van der Waals surface area contributed by atoms with Crippen molar-refractivity contribution >= 4 is 40.1 Å². The number of hydrogen-bond acceptors (Lipinski definition) is 10. The predicted octanol–water partition coefficient (Wildman–Crippen LogP) is 4.97. The second-order valence-corrected chi connectivity index (χ2v) is 10.6. The Balaban J connectivity index is 0.00000370. The zero-order chi connectivity index (χ0) is 27.0. The summed E-state index contributed by atoms with van der Waals surface area (Å²) in [6.45, 7) is 1.74. The van der Waals surface area contributed by atoms with Gasteiger partial charge in [-0.15, -0.1) is 17.5 Å². The van der Waals surface area contributed by atoms with E-state index in [0.29, 0.717) is 35.1 Å². The van der Waals surface area contributed by atoms with E-state index in [4.69, 9.17) is 18.9 Å². The minimum absolute atomic E-state index is 0. The standard InChI is InChI=1S/C27H28BrN5O5S.ClH/c1-35-25-13-18(15-29-10-5-11-39-27-30-31-32-33(27)20-6-3-2-4-7-20)12-21(28)26(25)36-16-22(34)19-8-9-23-24(14-19)38-17-37-23;/h2-4,6-9,12-14,22,29,34H,5,10-11,15-17H2,1H3;1H. The van der Waals surface area contributed by atoms with Gasteiger partial charge in [0.25, 0.3) is 0 Å². The van der Waals surface area contributed by atoms with E-state index < -0.39 is 6.10 Å². The van der Waals surface area contributed by atoms with Gasteiger partial charge in [-0.2, -0.15) is 4.68 Å². The van der Waals surface area contributed by atoms with Crippen LogP contribution in [0.5, 0.6) is 23.0 Å². The fraction of sp³-hybridized carbons (Fsp3) is 0.296. The number of ether oxygens (including phenoxy) is 4. The first-order valence-electron chi connectivity index (χ1n) is 12.4. The number of para-hydroxylation sites is 1. The first kappa shape index (κ1) is 29.9. The molecule has 0 fully saturated rings. The Bertz CT molecular complexity index is 1400. The number of halogens is 2. The van der Waals surface area contributed by atoms with Gasteiger partial charge >= 0.3 is 0 Å². The Morgan fingerprint density at radius 3 is 2.77 bits per heavy atom. The number of methoxy groups -OCH3 is 1. The topological polar surface area (TPSA) is 113 Å². The molecule has 5 rings (SSSR count). The third-order valence-electron chi connectivity index (χ3n) is 5.96. The van der Waals surface area contributed by atoms with Gasteiger partial charge < -0.3 is 29.4 Å². The quantitative estimate of drug-likeness (QED) is 0.152. The van der Waals surface area contributed by atoms with E-state index in [1.54, 1.807) is 41.8 Å². The summed E-state index contributed by atoms with van der Waals surface area (Å²) in [6, 6.07) is 19.1. The largest absolute Gasteiger partial charge is 0.493 e. The summed E-state index contributed by atoms with van der Waals surface area (Å²) in [6.07, 6.45) is 0.108. The number of benzene rings is 3. The molecule has 3 aromatic carbocycles. The van der Waals surface area contributed by atoms with Gasteiger partial charge in [0.2, 0.25) is 11.9 Å². The van der Waals surface area contributed by atoms with Crippen LogP contribution < -0.4 is 24.3 Å². The Labute approximate surface area is 250 Å².